The number of methoxy groups -OCH3 is 1. The molecule has 0 N–H and O–H groups in total. The SMILES string of the molecule is COC(=O)c1ccc(COc2ccc3ccccc3c2)cc1. The average Bonchev–Trinajstić information content (AvgIpc) is 2.59. The standard InChI is InChI=1S/C19H16O3/c1-21-19(20)16-8-6-14(7-9-16)13-22-18-11-10-15-4-2-3-5-17(15)12-18/h2-12H,13H2,1H3. The first-order valence-corrected chi connectivity index (χ1v) is 7.05. The summed E-state index contributed by atoms with van der Waals surface area (Å²) in [7, 11) is 1.37. The quantitative estimate of drug-likeness (QED) is 0.676. The van der Waals surface area contributed by atoms with Crippen LogP contribution in [0.25, 0.3) is 10.8 Å². The smallest absolute Gasteiger partial charge is 0.337 e. The van der Waals surface area contributed by atoms with E-state index < -0.39 is 0 Å². The lowest BCUT2D eigenvalue weighted by Gasteiger charge is -2.08. The van der Waals surface area contributed by atoms with Gasteiger partial charge in [-0.15, -0.1) is 0 Å². The number of benzene rings is 3. The Morgan fingerprint density at radius 1 is 0.909 bits per heavy atom. The molecule has 0 heterocycles. The molecular formula is C19H16O3. The number of hydrogen-bond acceptors (Lipinski definition) is 3. The number of carbonyl (C=O) groups is 1. The zero-order valence-electron chi connectivity index (χ0n) is 12.3. The molecule has 3 heteroatoms. The minimum absolute atomic E-state index is 0.331. The molecule has 0 amide bonds. The van der Waals surface area contributed by atoms with Crippen LogP contribution in [0, 0.1) is 0 Å². The lowest BCUT2D eigenvalue weighted by molar-refractivity contribution is 0.0600. The summed E-state index contributed by atoms with van der Waals surface area (Å²) in [5, 5.41) is 2.35. The van der Waals surface area contributed by atoms with E-state index in [4.69, 9.17) is 4.74 Å². The molecule has 0 radical (unpaired) electrons. The fourth-order valence-corrected chi connectivity index (χ4v) is 2.28. The van der Waals surface area contributed by atoms with Gasteiger partial charge in [0.25, 0.3) is 0 Å². The van der Waals surface area contributed by atoms with Crippen molar-refractivity contribution in [3.8, 4) is 5.75 Å². The fourth-order valence-electron chi connectivity index (χ4n) is 2.28. The van der Waals surface area contributed by atoms with E-state index in [1.54, 1.807) is 12.1 Å². The van der Waals surface area contributed by atoms with Crippen LogP contribution in [0.5, 0.6) is 5.75 Å². The van der Waals surface area contributed by atoms with Crippen LogP contribution in [0.1, 0.15) is 15.9 Å². The van der Waals surface area contributed by atoms with Crippen LogP contribution in [0.2, 0.25) is 0 Å². The third-order valence-electron chi connectivity index (χ3n) is 3.50. The van der Waals surface area contributed by atoms with Crippen molar-refractivity contribution < 1.29 is 14.3 Å². The highest BCUT2D eigenvalue weighted by molar-refractivity contribution is 5.89. The van der Waals surface area contributed by atoms with Crippen molar-refractivity contribution in [2.45, 2.75) is 6.61 Å². The van der Waals surface area contributed by atoms with Gasteiger partial charge >= 0.3 is 5.97 Å². The molecule has 22 heavy (non-hydrogen) atoms. The van der Waals surface area contributed by atoms with Crippen LogP contribution in [-0.4, -0.2) is 13.1 Å². The van der Waals surface area contributed by atoms with Gasteiger partial charge in [0.2, 0.25) is 0 Å². The van der Waals surface area contributed by atoms with Gasteiger partial charge < -0.3 is 9.47 Å². The third-order valence-corrected chi connectivity index (χ3v) is 3.50. The first-order chi connectivity index (χ1) is 10.8. The van der Waals surface area contributed by atoms with E-state index in [1.807, 2.05) is 42.5 Å². The molecule has 110 valence electrons. The molecule has 0 aliphatic carbocycles. The van der Waals surface area contributed by atoms with Crippen LogP contribution in [0.4, 0.5) is 0 Å². The topological polar surface area (TPSA) is 35.5 Å². The second kappa shape index (κ2) is 6.31. The van der Waals surface area contributed by atoms with E-state index in [0.717, 1.165) is 16.7 Å². The van der Waals surface area contributed by atoms with Gasteiger partial charge in [0.1, 0.15) is 12.4 Å². The van der Waals surface area contributed by atoms with Gasteiger partial charge in [-0.05, 0) is 40.6 Å². The number of carbonyl (C=O) groups excluding carboxylic acids is 1. The summed E-state index contributed by atoms with van der Waals surface area (Å²) < 4.78 is 10.5. The van der Waals surface area contributed by atoms with Gasteiger partial charge in [0, 0.05) is 0 Å². The van der Waals surface area contributed by atoms with Crippen molar-refractivity contribution in [1.82, 2.24) is 0 Å². The summed E-state index contributed by atoms with van der Waals surface area (Å²) in [5.41, 5.74) is 1.54. The monoisotopic (exact) mass is 292 g/mol. The highest BCUT2D eigenvalue weighted by Crippen LogP contribution is 2.21. The molecule has 0 atom stereocenters. The van der Waals surface area contributed by atoms with E-state index in [2.05, 4.69) is 16.9 Å². The summed E-state index contributed by atoms with van der Waals surface area (Å²) in [6.07, 6.45) is 0. The predicted octanol–water partition coefficient (Wildman–Crippen LogP) is 4.21. The molecule has 0 unspecified atom stereocenters. The maximum Gasteiger partial charge on any atom is 0.337 e. The predicted molar refractivity (Wildman–Crippen MR) is 86.1 cm³/mol. The lowest BCUT2D eigenvalue weighted by atomic mass is 10.1. The van der Waals surface area contributed by atoms with Crippen molar-refractivity contribution in [3.63, 3.8) is 0 Å². The van der Waals surface area contributed by atoms with Gasteiger partial charge in [-0.3, -0.25) is 0 Å². The van der Waals surface area contributed by atoms with E-state index in [1.165, 1.54) is 12.5 Å². The van der Waals surface area contributed by atoms with Gasteiger partial charge in [-0.2, -0.15) is 0 Å². The minimum Gasteiger partial charge on any atom is -0.489 e. The number of rotatable bonds is 4. The molecule has 0 saturated carbocycles. The molecule has 0 saturated heterocycles. The molecule has 0 aliphatic heterocycles. The van der Waals surface area contributed by atoms with Gasteiger partial charge in [0.05, 0.1) is 12.7 Å². The second-order valence-electron chi connectivity index (χ2n) is 4.99. The van der Waals surface area contributed by atoms with Crippen LogP contribution >= 0.6 is 0 Å². The van der Waals surface area contributed by atoms with Crippen molar-refractivity contribution in [2.24, 2.45) is 0 Å². The Morgan fingerprint density at radius 3 is 2.36 bits per heavy atom. The zero-order chi connectivity index (χ0) is 15.4. The molecule has 0 bridgehead atoms. The van der Waals surface area contributed by atoms with Gasteiger partial charge in [0.15, 0.2) is 0 Å². The van der Waals surface area contributed by atoms with Crippen LogP contribution < -0.4 is 4.74 Å². The zero-order valence-corrected chi connectivity index (χ0v) is 12.3. The van der Waals surface area contributed by atoms with Crippen LogP contribution in [0.3, 0.4) is 0 Å². The Bertz CT molecular complexity index is 791. The maximum absolute atomic E-state index is 11.4. The summed E-state index contributed by atoms with van der Waals surface area (Å²) in [5.74, 6) is 0.498. The van der Waals surface area contributed by atoms with Crippen LogP contribution in [-0.2, 0) is 11.3 Å². The molecule has 3 nitrogen and oxygen atoms in total. The molecule has 0 aromatic heterocycles. The Hall–Kier alpha value is -2.81. The summed E-state index contributed by atoms with van der Waals surface area (Å²) >= 11 is 0. The van der Waals surface area contributed by atoms with Crippen LogP contribution in [0.15, 0.2) is 66.7 Å². The molecule has 0 aliphatic rings. The van der Waals surface area contributed by atoms with Gasteiger partial charge in [-0.25, -0.2) is 4.79 Å². The Labute approximate surface area is 129 Å². The third kappa shape index (κ3) is 3.09. The first kappa shape index (κ1) is 14.1. The number of fused-ring (bicyclic) bond motifs is 1. The summed E-state index contributed by atoms with van der Waals surface area (Å²) in [6, 6.07) is 21.4. The van der Waals surface area contributed by atoms with E-state index in [-0.39, 0.29) is 5.97 Å². The Kier molecular flexibility index (Phi) is 4.05. The normalized spacial score (nSPS) is 10.4. The van der Waals surface area contributed by atoms with Crippen molar-refractivity contribution in [3.05, 3.63) is 77.9 Å². The van der Waals surface area contributed by atoms with Gasteiger partial charge in [-0.1, -0.05) is 42.5 Å². The number of ether oxygens (including phenoxy) is 2. The van der Waals surface area contributed by atoms with Crippen molar-refractivity contribution >= 4 is 16.7 Å². The molecule has 0 spiro atoms. The molecule has 3 aromatic carbocycles. The highest BCUT2D eigenvalue weighted by Gasteiger charge is 2.04. The maximum atomic E-state index is 11.4. The van der Waals surface area contributed by atoms with E-state index >= 15 is 0 Å². The average molecular weight is 292 g/mol. The summed E-state index contributed by atoms with van der Waals surface area (Å²) in [4.78, 5) is 11.4. The minimum atomic E-state index is -0.331. The molecule has 3 aromatic rings. The molecule has 0 fully saturated rings. The molecule has 3 rings (SSSR count). The van der Waals surface area contributed by atoms with Crippen molar-refractivity contribution in [1.29, 1.82) is 0 Å². The highest BCUT2D eigenvalue weighted by atomic mass is 16.5. The van der Waals surface area contributed by atoms with E-state index in [0.29, 0.717) is 12.2 Å². The Morgan fingerprint density at radius 2 is 1.64 bits per heavy atom. The summed E-state index contributed by atoms with van der Waals surface area (Å²) in [6.45, 7) is 0.458. The Balaban J connectivity index is 1.69. The van der Waals surface area contributed by atoms with E-state index in [9.17, 15) is 4.79 Å². The first-order valence-electron chi connectivity index (χ1n) is 7.05. The number of hydrogen-bond donors (Lipinski definition) is 0. The second-order valence-corrected chi connectivity index (χ2v) is 4.99. The fraction of sp³-hybridized carbons (Fsp3) is 0.105. The molecular weight excluding hydrogens is 276 g/mol. The van der Waals surface area contributed by atoms with Crippen molar-refractivity contribution in [2.75, 3.05) is 7.11 Å². The lowest BCUT2D eigenvalue weighted by Crippen LogP contribution is -2.01. The largest absolute Gasteiger partial charge is 0.489 e. The number of esters is 1.